The molecule has 1 fully saturated rings. The summed E-state index contributed by atoms with van der Waals surface area (Å²) < 4.78 is 2.04. The van der Waals surface area contributed by atoms with Gasteiger partial charge in [0.05, 0.1) is 17.0 Å². The zero-order valence-corrected chi connectivity index (χ0v) is 16.3. The lowest BCUT2D eigenvalue weighted by atomic mass is 9.85. The van der Waals surface area contributed by atoms with E-state index in [0.717, 1.165) is 45.8 Å². The highest BCUT2D eigenvalue weighted by Crippen LogP contribution is 2.40. The molecule has 1 aliphatic heterocycles. The van der Waals surface area contributed by atoms with Crippen LogP contribution in [-0.4, -0.2) is 44.2 Å². The molecule has 0 spiro atoms. The van der Waals surface area contributed by atoms with Crippen molar-refractivity contribution in [2.75, 3.05) is 13.1 Å². The predicted molar refractivity (Wildman–Crippen MR) is 110 cm³/mol. The molecular formula is C22H23N5O2. The zero-order valence-electron chi connectivity index (χ0n) is 16.3. The van der Waals surface area contributed by atoms with Gasteiger partial charge in [-0.1, -0.05) is 0 Å². The molecule has 7 nitrogen and oxygen atoms in total. The summed E-state index contributed by atoms with van der Waals surface area (Å²) >= 11 is 0. The van der Waals surface area contributed by atoms with E-state index in [4.69, 9.17) is 5.73 Å². The fourth-order valence-electron chi connectivity index (χ4n) is 4.58. The van der Waals surface area contributed by atoms with Gasteiger partial charge in [-0.25, -0.2) is 4.79 Å². The summed E-state index contributed by atoms with van der Waals surface area (Å²) in [7, 11) is 1.95. The maximum absolute atomic E-state index is 12.2. The van der Waals surface area contributed by atoms with Crippen molar-refractivity contribution < 1.29 is 9.90 Å². The number of fused-ring (bicyclic) bond motifs is 3. The van der Waals surface area contributed by atoms with Gasteiger partial charge in [0.25, 0.3) is 0 Å². The molecule has 2 aliphatic rings. The summed E-state index contributed by atoms with van der Waals surface area (Å²) in [5.74, 6) is -0.877. The average molecular weight is 389 g/mol. The summed E-state index contributed by atoms with van der Waals surface area (Å²) in [5.41, 5.74) is 13.1. The third-order valence-electron chi connectivity index (χ3n) is 6.15. The number of pyridine rings is 2. The van der Waals surface area contributed by atoms with E-state index in [2.05, 4.69) is 21.4 Å². The molecule has 5 rings (SSSR count). The standard InChI is InChI=1S/C22H23N5O2/c1-27-18(8-22(23)11-25-12-22)19(21(28)29)15-5-4-13-10-26-17(7-16(13)20(15)27)14-3-2-6-24-9-14/h2-3,6-7,9-10,25H,4-5,8,11-12,23H2,1H3,(H,28,29). The van der Waals surface area contributed by atoms with Crippen LogP contribution in [0.5, 0.6) is 0 Å². The second-order valence-electron chi connectivity index (χ2n) is 8.12. The van der Waals surface area contributed by atoms with Crippen LogP contribution in [0.3, 0.4) is 0 Å². The van der Waals surface area contributed by atoms with Crippen molar-refractivity contribution in [3.8, 4) is 22.5 Å². The maximum Gasteiger partial charge on any atom is 0.337 e. The summed E-state index contributed by atoms with van der Waals surface area (Å²) in [6.07, 6.45) is 7.46. The molecule has 148 valence electrons. The first-order chi connectivity index (χ1) is 14.0. The molecule has 0 amide bonds. The van der Waals surface area contributed by atoms with Crippen molar-refractivity contribution >= 4 is 5.97 Å². The Morgan fingerprint density at radius 2 is 2.17 bits per heavy atom. The predicted octanol–water partition coefficient (Wildman–Crippen LogP) is 1.79. The Hall–Kier alpha value is -3.03. The van der Waals surface area contributed by atoms with Crippen LogP contribution in [0.2, 0.25) is 0 Å². The number of aromatic nitrogens is 3. The van der Waals surface area contributed by atoms with E-state index < -0.39 is 5.97 Å². The van der Waals surface area contributed by atoms with Crippen molar-refractivity contribution in [3.05, 3.63) is 59.2 Å². The number of carbonyl (C=O) groups is 1. The molecule has 29 heavy (non-hydrogen) atoms. The molecule has 0 atom stereocenters. The van der Waals surface area contributed by atoms with E-state index >= 15 is 0 Å². The fraction of sp³-hybridized carbons (Fsp3) is 0.318. The van der Waals surface area contributed by atoms with Crippen LogP contribution in [0, 0.1) is 0 Å². The molecule has 0 radical (unpaired) electrons. The van der Waals surface area contributed by atoms with E-state index in [0.29, 0.717) is 31.5 Å². The van der Waals surface area contributed by atoms with Crippen molar-refractivity contribution in [2.45, 2.75) is 24.8 Å². The number of aryl methyl sites for hydroxylation is 1. The van der Waals surface area contributed by atoms with Crippen LogP contribution in [0.4, 0.5) is 0 Å². The summed E-state index contributed by atoms with van der Waals surface area (Å²) in [6.45, 7) is 1.40. The van der Waals surface area contributed by atoms with E-state index in [-0.39, 0.29) is 5.54 Å². The molecule has 7 heteroatoms. The lowest BCUT2D eigenvalue weighted by Crippen LogP contribution is -2.67. The first-order valence-electron chi connectivity index (χ1n) is 9.80. The number of carboxylic acids is 1. The number of nitrogens with zero attached hydrogens (tertiary/aromatic N) is 3. The highest BCUT2D eigenvalue weighted by Gasteiger charge is 2.37. The number of carboxylic acid groups (broad SMARTS) is 1. The van der Waals surface area contributed by atoms with E-state index in [1.54, 1.807) is 12.4 Å². The lowest BCUT2D eigenvalue weighted by molar-refractivity contribution is 0.0693. The van der Waals surface area contributed by atoms with Crippen molar-refractivity contribution in [1.29, 1.82) is 0 Å². The average Bonchev–Trinajstić information content (AvgIpc) is 2.99. The summed E-state index contributed by atoms with van der Waals surface area (Å²) in [6, 6.07) is 5.92. The van der Waals surface area contributed by atoms with Crippen molar-refractivity contribution in [1.82, 2.24) is 19.9 Å². The molecule has 0 saturated carbocycles. The molecular weight excluding hydrogens is 366 g/mol. The molecule has 3 aromatic heterocycles. The highest BCUT2D eigenvalue weighted by molar-refractivity contribution is 5.95. The van der Waals surface area contributed by atoms with Crippen LogP contribution in [-0.2, 0) is 26.3 Å². The Morgan fingerprint density at radius 1 is 1.34 bits per heavy atom. The third kappa shape index (κ3) is 2.85. The van der Waals surface area contributed by atoms with Gasteiger partial charge in [0.15, 0.2) is 0 Å². The van der Waals surface area contributed by atoms with Crippen LogP contribution < -0.4 is 11.1 Å². The smallest absolute Gasteiger partial charge is 0.337 e. The highest BCUT2D eigenvalue weighted by atomic mass is 16.4. The molecule has 1 saturated heterocycles. The van der Waals surface area contributed by atoms with Gasteiger partial charge in [-0.15, -0.1) is 0 Å². The van der Waals surface area contributed by atoms with E-state index in [1.807, 2.05) is 29.9 Å². The molecule has 4 heterocycles. The first kappa shape index (κ1) is 18.0. The minimum absolute atomic E-state index is 0.388. The second-order valence-corrected chi connectivity index (χ2v) is 8.12. The van der Waals surface area contributed by atoms with Gasteiger partial charge in [-0.05, 0) is 42.2 Å². The fourth-order valence-corrected chi connectivity index (χ4v) is 4.58. The number of nitrogens with two attached hydrogens (primary N) is 1. The number of hydrogen-bond acceptors (Lipinski definition) is 5. The first-order valence-corrected chi connectivity index (χ1v) is 9.80. The third-order valence-corrected chi connectivity index (χ3v) is 6.15. The van der Waals surface area contributed by atoms with Crippen molar-refractivity contribution in [3.63, 3.8) is 0 Å². The number of hydrogen-bond donors (Lipinski definition) is 3. The van der Waals surface area contributed by atoms with Gasteiger partial charge in [0, 0.05) is 67.5 Å². The normalized spacial score (nSPS) is 16.6. The molecule has 0 unspecified atom stereocenters. The maximum atomic E-state index is 12.2. The minimum Gasteiger partial charge on any atom is -0.478 e. The minimum atomic E-state index is -0.877. The molecule has 4 N–H and O–H groups in total. The van der Waals surface area contributed by atoms with E-state index in [1.165, 1.54) is 0 Å². The van der Waals surface area contributed by atoms with Crippen molar-refractivity contribution in [2.24, 2.45) is 12.8 Å². The molecule has 0 bridgehead atoms. The quantitative estimate of drug-likeness (QED) is 0.628. The lowest BCUT2D eigenvalue weighted by Gasteiger charge is -2.39. The summed E-state index contributed by atoms with van der Waals surface area (Å²) in [5, 5.41) is 13.2. The molecule has 0 aromatic carbocycles. The Bertz CT molecular complexity index is 1120. The zero-order chi connectivity index (χ0) is 20.2. The molecule has 3 aromatic rings. The number of aromatic carboxylic acids is 1. The van der Waals surface area contributed by atoms with Crippen LogP contribution in [0.1, 0.15) is 27.2 Å². The number of nitrogens with one attached hydrogen (secondary N) is 1. The van der Waals surface area contributed by atoms with Gasteiger partial charge >= 0.3 is 5.97 Å². The summed E-state index contributed by atoms with van der Waals surface area (Å²) in [4.78, 5) is 21.0. The Morgan fingerprint density at radius 3 is 2.83 bits per heavy atom. The Kier molecular flexibility index (Phi) is 4.04. The van der Waals surface area contributed by atoms with Gasteiger partial charge in [0.2, 0.25) is 0 Å². The number of rotatable bonds is 4. The SMILES string of the molecule is Cn1c(CC2(N)CNC2)c(C(=O)O)c2c1-c1cc(-c3cccnc3)ncc1CC2. The van der Waals surface area contributed by atoms with Crippen LogP contribution in [0.15, 0.2) is 36.8 Å². The monoisotopic (exact) mass is 389 g/mol. The second kappa shape index (κ2) is 6.50. The van der Waals surface area contributed by atoms with Gasteiger partial charge in [-0.2, -0.15) is 0 Å². The van der Waals surface area contributed by atoms with Crippen LogP contribution in [0.25, 0.3) is 22.5 Å². The Labute approximate surface area is 168 Å². The van der Waals surface area contributed by atoms with E-state index in [9.17, 15) is 9.90 Å². The molecule has 1 aliphatic carbocycles. The van der Waals surface area contributed by atoms with Gasteiger partial charge in [-0.3, -0.25) is 9.97 Å². The van der Waals surface area contributed by atoms with Gasteiger partial charge in [0.1, 0.15) is 0 Å². The largest absolute Gasteiger partial charge is 0.478 e. The Balaban J connectivity index is 1.68. The van der Waals surface area contributed by atoms with Crippen LogP contribution >= 0.6 is 0 Å². The topological polar surface area (TPSA) is 106 Å². The van der Waals surface area contributed by atoms with Gasteiger partial charge < -0.3 is 20.7 Å².